The van der Waals surface area contributed by atoms with Crippen LogP contribution < -0.4 is 10.3 Å². The minimum Gasteiger partial charge on any atom is -0.490 e. The first-order valence-electron chi connectivity index (χ1n) is 6.86. The zero-order valence-electron chi connectivity index (χ0n) is 12.0. The van der Waals surface area contributed by atoms with E-state index in [1.165, 1.54) is 0 Å². The van der Waals surface area contributed by atoms with Gasteiger partial charge in [0.2, 0.25) is 0 Å². The Labute approximate surface area is 114 Å². The Morgan fingerprint density at radius 3 is 2.42 bits per heavy atom. The molecule has 1 aromatic rings. The Kier molecular flexibility index (Phi) is 2.87. The van der Waals surface area contributed by atoms with Gasteiger partial charge in [0.25, 0.3) is 0 Å². The molecule has 0 aromatic carbocycles. The van der Waals surface area contributed by atoms with Crippen molar-refractivity contribution in [2.75, 3.05) is 0 Å². The van der Waals surface area contributed by atoms with Crippen molar-refractivity contribution in [2.24, 2.45) is 0 Å². The van der Waals surface area contributed by atoms with Gasteiger partial charge in [-0.2, -0.15) is 0 Å². The van der Waals surface area contributed by atoms with Crippen LogP contribution in [0.25, 0.3) is 0 Å². The topological polar surface area (TPSA) is 40.6 Å². The SMILES string of the molecule is CC1(C)OB(c2cc(OC3CC3)ccn2)OC1(C)C. The molecule has 19 heavy (non-hydrogen) atoms. The van der Waals surface area contributed by atoms with E-state index in [-0.39, 0.29) is 11.2 Å². The fourth-order valence-electron chi connectivity index (χ4n) is 1.97. The van der Waals surface area contributed by atoms with Gasteiger partial charge in [-0.3, -0.25) is 4.98 Å². The van der Waals surface area contributed by atoms with Gasteiger partial charge in [0, 0.05) is 6.20 Å². The Bertz CT molecular complexity index is 469. The van der Waals surface area contributed by atoms with Gasteiger partial charge in [-0.25, -0.2) is 0 Å². The molecule has 2 aliphatic rings. The van der Waals surface area contributed by atoms with Crippen LogP contribution in [0.5, 0.6) is 5.75 Å². The molecule has 0 unspecified atom stereocenters. The number of ether oxygens (including phenoxy) is 1. The van der Waals surface area contributed by atoms with E-state index < -0.39 is 7.12 Å². The van der Waals surface area contributed by atoms with Crippen LogP contribution in [-0.2, 0) is 9.31 Å². The standard InChI is InChI=1S/C14H20BNO3/c1-13(2)14(3,4)19-15(18-13)12-9-11(7-8-16-12)17-10-5-6-10/h7-10H,5-6H2,1-4H3. The van der Waals surface area contributed by atoms with Crippen LogP contribution in [0.1, 0.15) is 40.5 Å². The van der Waals surface area contributed by atoms with E-state index in [0.717, 1.165) is 24.2 Å². The molecule has 0 bridgehead atoms. The van der Waals surface area contributed by atoms with E-state index in [0.29, 0.717) is 6.10 Å². The van der Waals surface area contributed by atoms with Crippen molar-refractivity contribution < 1.29 is 14.0 Å². The fourth-order valence-corrected chi connectivity index (χ4v) is 1.97. The molecule has 1 aromatic heterocycles. The minimum absolute atomic E-state index is 0.341. The zero-order chi connectivity index (χ0) is 13.7. The van der Waals surface area contributed by atoms with Gasteiger partial charge in [0.05, 0.1) is 22.9 Å². The van der Waals surface area contributed by atoms with Crippen molar-refractivity contribution in [2.45, 2.75) is 57.8 Å². The molecule has 0 N–H and O–H groups in total. The van der Waals surface area contributed by atoms with E-state index in [2.05, 4.69) is 4.98 Å². The quantitative estimate of drug-likeness (QED) is 0.779. The average molecular weight is 261 g/mol. The average Bonchev–Trinajstić information content (AvgIpc) is 3.07. The summed E-state index contributed by atoms with van der Waals surface area (Å²) in [5.74, 6) is 0.849. The van der Waals surface area contributed by atoms with Crippen LogP contribution in [-0.4, -0.2) is 29.4 Å². The van der Waals surface area contributed by atoms with Crippen LogP contribution in [0.15, 0.2) is 18.3 Å². The number of pyridine rings is 1. The van der Waals surface area contributed by atoms with Gasteiger partial charge in [0.15, 0.2) is 0 Å². The summed E-state index contributed by atoms with van der Waals surface area (Å²) < 4.78 is 17.7. The normalized spacial score (nSPS) is 24.5. The maximum atomic E-state index is 5.99. The Morgan fingerprint density at radius 1 is 1.21 bits per heavy atom. The molecule has 5 heteroatoms. The van der Waals surface area contributed by atoms with Crippen molar-refractivity contribution in [3.8, 4) is 5.75 Å². The summed E-state index contributed by atoms with van der Waals surface area (Å²) in [5, 5.41) is 0. The second kappa shape index (κ2) is 4.22. The zero-order valence-corrected chi connectivity index (χ0v) is 12.0. The molecular formula is C14H20BNO3. The van der Waals surface area contributed by atoms with Crippen molar-refractivity contribution in [3.63, 3.8) is 0 Å². The van der Waals surface area contributed by atoms with Gasteiger partial charge in [0.1, 0.15) is 5.75 Å². The molecule has 1 saturated heterocycles. The Balaban J connectivity index is 1.79. The number of rotatable bonds is 3. The summed E-state index contributed by atoms with van der Waals surface area (Å²) in [5.41, 5.74) is 0.0937. The predicted octanol–water partition coefficient (Wildman–Crippen LogP) is 1.92. The van der Waals surface area contributed by atoms with Crippen LogP contribution in [0.3, 0.4) is 0 Å². The van der Waals surface area contributed by atoms with Crippen LogP contribution in [0, 0.1) is 0 Å². The molecule has 0 radical (unpaired) electrons. The molecule has 1 aliphatic heterocycles. The highest BCUT2D eigenvalue weighted by Crippen LogP contribution is 2.36. The number of aromatic nitrogens is 1. The number of nitrogens with zero attached hydrogens (tertiary/aromatic N) is 1. The molecule has 1 aliphatic carbocycles. The maximum Gasteiger partial charge on any atom is 0.514 e. The van der Waals surface area contributed by atoms with Crippen molar-refractivity contribution >= 4 is 12.7 Å². The van der Waals surface area contributed by atoms with Crippen molar-refractivity contribution in [3.05, 3.63) is 18.3 Å². The van der Waals surface area contributed by atoms with E-state index >= 15 is 0 Å². The van der Waals surface area contributed by atoms with Crippen LogP contribution in [0.2, 0.25) is 0 Å². The van der Waals surface area contributed by atoms with Gasteiger partial charge in [-0.05, 0) is 52.7 Å². The molecule has 1 saturated carbocycles. The second-order valence-corrected chi connectivity index (χ2v) is 6.32. The van der Waals surface area contributed by atoms with E-state index in [1.807, 2.05) is 39.8 Å². The summed E-state index contributed by atoms with van der Waals surface area (Å²) in [6.07, 6.45) is 4.42. The lowest BCUT2D eigenvalue weighted by Crippen LogP contribution is -2.41. The number of hydrogen-bond acceptors (Lipinski definition) is 4. The third-order valence-corrected chi connectivity index (χ3v) is 4.07. The first-order chi connectivity index (χ1) is 8.87. The maximum absolute atomic E-state index is 5.99. The first-order valence-corrected chi connectivity index (χ1v) is 6.86. The molecule has 3 rings (SSSR count). The van der Waals surface area contributed by atoms with Gasteiger partial charge in [-0.1, -0.05) is 0 Å². The summed E-state index contributed by atoms with van der Waals surface area (Å²) in [6.45, 7) is 8.16. The van der Waals surface area contributed by atoms with E-state index in [1.54, 1.807) is 6.20 Å². The third-order valence-electron chi connectivity index (χ3n) is 4.07. The molecular weight excluding hydrogens is 241 g/mol. The lowest BCUT2D eigenvalue weighted by atomic mass is 9.84. The summed E-state index contributed by atoms with van der Waals surface area (Å²) in [6, 6.07) is 3.80. The molecule has 102 valence electrons. The highest BCUT2D eigenvalue weighted by Gasteiger charge is 2.52. The fraction of sp³-hybridized carbons (Fsp3) is 0.643. The Morgan fingerprint density at radius 2 is 1.84 bits per heavy atom. The molecule has 2 heterocycles. The van der Waals surface area contributed by atoms with E-state index in [4.69, 9.17) is 14.0 Å². The van der Waals surface area contributed by atoms with Gasteiger partial charge >= 0.3 is 7.12 Å². The Hall–Kier alpha value is -1.07. The van der Waals surface area contributed by atoms with Crippen LogP contribution >= 0.6 is 0 Å². The highest BCUT2D eigenvalue weighted by atomic mass is 16.7. The van der Waals surface area contributed by atoms with Gasteiger partial charge < -0.3 is 14.0 Å². The van der Waals surface area contributed by atoms with Crippen molar-refractivity contribution in [1.29, 1.82) is 0 Å². The number of hydrogen-bond donors (Lipinski definition) is 0. The predicted molar refractivity (Wildman–Crippen MR) is 73.6 cm³/mol. The lowest BCUT2D eigenvalue weighted by Gasteiger charge is -2.32. The molecule has 0 spiro atoms. The van der Waals surface area contributed by atoms with Gasteiger partial charge in [-0.15, -0.1) is 0 Å². The van der Waals surface area contributed by atoms with Crippen molar-refractivity contribution in [1.82, 2.24) is 4.98 Å². The highest BCUT2D eigenvalue weighted by molar-refractivity contribution is 6.61. The lowest BCUT2D eigenvalue weighted by molar-refractivity contribution is 0.00578. The molecule has 0 amide bonds. The summed E-state index contributed by atoms with van der Waals surface area (Å²) >= 11 is 0. The molecule has 0 atom stereocenters. The van der Waals surface area contributed by atoms with Crippen LogP contribution in [0.4, 0.5) is 0 Å². The first kappa shape index (κ1) is 12.9. The minimum atomic E-state index is -0.423. The summed E-state index contributed by atoms with van der Waals surface area (Å²) in [4.78, 5) is 4.35. The summed E-state index contributed by atoms with van der Waals surface area (Å²) in [7, 11) is -0.423. The molecule has 2 fully saturated rings. The second-order valence-electron chi connectivity index (χ2n) is 6.32. The smallest absolute Gasteiger partial charge is 0.490 e. The third kappa shape index (κ3) is 2.49. The largest absolute Gasteiger partial charge is 0.514 e. The molecule has 4 nitrogen and oxygen atoms in total. The monoisotopic (exact) mass is 261 g/mol. The van der Waals surface area contributed by atoms with E-state index in [9.17, 15) is 0 Å².